The van der Waals surface area contributed by atoms with Crippen LogP contribution >= 0.6 is 0 Å². The molecule has 3 heterocycles. The van der Waals surface area contributed by atoms with Crippen LogP contribution in [0, 0.1) is 0 Å². The minimum atomic E-state index is -0.371. The van der Waals surface area contributed by atoms with Gasteiger partial charge in [-0.2, -0.15) is 0 Å². The van der Waals surface area contributed by atoms with E-state index < -0.39 is 0 Å². The molecule has 2 aromatic heterocycles. The molecule has 0 spiro atoms. The summed E-state index contributed by atoms with van der Waals surface area (Å²) in [6.07, 6.45) is -0.371. The molecule has 9 aromatic carbocycles. The van der Waals surface area contributed by atoms with Gasteiger partial charge in [0, 0.05) is 32.7 Å². The minimum absolute atomic E-state index is 0.371. The van der Waals surface area contributed by atoms with E-state index in [0.29, 0.717) is 5.84 Å². The average Bonchev–Trinajstić information content (AvgIpc) is 3.90. The lowest BCUT2D eigenvalue weighted by atomic mass is 9.89. The number of benzene rings is 9. The number of rotatable bonds is 6. The fourth-order valence-electron chi connectivity index (χ4n) is 8.91. The number of hydrogen-bond acceptors (Lipinski definition) is 5. The molecule has 60 heavy (non-hydrogen) atoms. The Balaban J connectivity index is 1.10. The quantitative estimate of drug-likeness (QED) is 0.183. The molecule has 0 amide bonds. The Morgan fingerprint density at radius 2 is 0.983 bits per heavy atom. The molecule has 11 aromatic rings. The van der Waals surface area contributed by atoms with Crippen molar-refractivity contribution >= 4 is 66.3 Å². The van der Waals surface area contributed by atoms with E-state index in [0.717, 1.165) is 111 Å². The van der Waals surface area contributed by atoms with Gasteiger partial charge in [0.1, 0.15) is 34.3 Å². The molecule has 12 rings (SSSR count). The number of fused-ring (bicyclic) bond motifs is 7. The zero-order valence-corrected chi connectivity index (χ0v) is 32.3. The highest BCUT2D eigenvalue weighted by Crippen LogP contribution is 2.45. The molecule has 1 aliphatic heterocycles. The molecule has 1 atom stereocenters. The smallest absolute Gasteiger partial charge is 0.159 e. The molecule has 1 N–H and O–H groups in total. The minimum Gasteiger partial charge on any atom is -0.456 e. The van der Waals surface area contributed by atoms with Crippen LogP contribution in [0.4, 0.5) is 0 Å². The highest BCUT2D eigenvalue weighted by molar-refractivity contribution is 6.20. The summed E-state index contributed by atoms with van der Waals surface area (Å²) in [6.45, 7) is 0. The highest BCUT2D eigenvalue weighted by Gasteiger charge is 2.24. The fraction of sp³-hybridized carbons (Fsp3) is 0.0182. The van der Waals surface area contributed by atoms with Crippen LogP contribution in [0.5, 0.6) is 0 Å². The lowest BCUT2D eigenvalue weighted by Gasteiger charge is -2.24. The summed E-state index contributed by atoms with van der Waals surface area (Å²) in [5, 5.41) is 10.2. The Bertz CT molecular complexity index is 3520. The van der Waals surface area contributed by atoms with Gasteiger partial charge in [-0.15, -0.1) is 0 Å². The fourth-order valence-corrected chi connectivity index (χ4v) is 8.91. The van der Waals surface area contributed by atoms with E-state index in [1.807, 2.05) is 54.6 Å². The Kier molecular flexibility index (Phi) is 7.85. The first kappa shape index (κ1) is 34.1. The molecule has 0 saturated carbocycles. The van der Waals surface area contributed by atoms with Gasteiger partial charge in [0.2, 0.25) is 0 Å². The van der Waals surface area contributed by atoms with Crippen LogP contribution in [0.2, 0.25) is 0 Å². The van der Waals surface area contributed by atoms with Crippen molar-refractivity contribution in [2.24, 2.45) is 9.98 Å². The third-order valence-electron chi connectivity index (χ3n) is 11.7. The van der Waals surface area contributed by atoms with Gasteiger partial charge in [0.25, 0.3) is 0 Å². The SMILES string of the molecule is c1ccc(C2=NC(c3cc(-c4cc(-c5cccc6oc7ccccc7c56)cc5oc6ccccc6c45)c4ccccc4c3)=NC(c3cccc(-c4ccccc4)c3)N2)cc1. The number of amidine groups is 2. The summed E-state index contributed by atoms with van der Waals surface area (Å²) in [5.74, 6) is 1.44. The summed E-state index contributed by atoms with van der Waals surface area (Å²) in [4.78, 5) is 10.7. The highest BCUT2D eigenvalue weighted by atomic mass is 16.3. The second-order valence-corrected chi connectivity index (χ2v) is 15.3. The number of nitrogens with one attached hydrogen (secondary N) is 1. The van der Waals surface area contributed by atoms with Crippen LogP contribution in [0.1, 0.15) is 22.9 Å². The molecule has 5 nitrogen and oxygen atoms in total. The zero-order chi connectivity index (χ0) is 39.6. The monoisotopic (exact) mass is 769 g/mol. The van der Waals surface area contributed by atoms with Gasteiger partial charge in [0.15, 0.2) is 5.84 Å². The van der Waals surface area contributed by atoms with E-state index in [-0.39, 0.29) is 6.17 Å². The zero-order valence-electron chi connectivity index (χ0n) is 32.3. The molecule has 1 aliphatic rings. The van der Waals surface area contributed by atoms with E-state index in [1.54, 1.807) is 0 Å². The van der Waals surface area contributed by atoms with Crippen molar-refractivity contribution < 1.29 is 8.83 Å². The Hall–Kier alpha value is -8.02. The first-order valence-electron chi connectivity index (χ1n) is 20.3. The Labute approximate surface area is 345 Å². The van der Waals surface area contributed by atoms with Gasteiger partial charge in [0.05, 0.1) is 0 Å². The van der Waals surface area contributed by atoms with E-state index >= 15 is 0 Å². The summed E-state index contributed by atoms with van der Waals surface area (Å²) in [7, 11) is 0. The van der Waals surface area contributed by atoms with E-state index in [9.17, 15) is 0 Å². The van der Waals surface area contributed by atoms with Crippen molar-refractivity contribution in [1.82, 2.24) is 5.32 Å². The summed E-state index contributed by atoms with van der Waals surface area (Å²) >= 11 is 0. The van der Waals surface area contributed by atoms with Crippen molar-refractivity contribution in [3.8, 4) is 33.4 Å². The van der Waals surface area contributed by atoms with Gasteiger partial charge in [-0.3, -0.25) is 0 Å². The molecule has 0 bridgehead atoms. The molecular formula is C55H35N3O2. The number of hydrogen-bond donors (Lipinski definition) is 1. The summed E-state index contributed by atoms with van der Waals surface area (Å²) < 4.78 is 13.1. The number of para-hydroxylation sites is 2. The van der Waals surface area contributed by atoms with Crippen molar-refractivity contribution in [2.45, 2.75) is 6.17 Å². The summed E-state index contributed by atoms with van der Waals surface area (Å²) in [5.41, 5.74) is 12.9. The molecule has 0 saturated heterocycles. The predicted octanol–water partition coefficient (Wildman–Crippen LogP) is 14.1. The third-order valence-corrected chi connectivity index (χ3v) is 11.7. The lowest BCUT2D eigenvalue weighted by molar-refractivity contribution is 0.668. The third kappa shape index (κ3) is 5.70. The number of nitrogens with zero attached hydrogens (tertiary/aromatic N) is 2. The first-order chi connectivity index (χ1) is 29.7. The largest absolute Gasteiger partial charge is 0.456 e. The summed E-state index contributed by atoms with van der Waals surface area (Å²) in [6, 6.07) is 69.9. The topological polar surface area (TPSA) is 63.0 Å². The van der Waals surface area contributed by atoms with Crippen molar-refractivity contribution in [3.63, 3.8) is 0 Å². The van der Waals surface area contributed by atoms with Crippen LogP contribution in [-0.2, 0) is 0 Å². The first-order valence-corrected chi connectivity index (χ1v) is 20.3. The van der Waals surface area contributed by atoms with E-state index in [2.05, 4.69) is 151 Å². The van der Waals surface area contributed by atoms with Gasteiger partial charge in [-0.1, -0.05) is 152 Å². The van der Waals surface area contributed by atoms with E-state index in [4.69, 9.17) is 18.8 Å². The molecular weight excluding hydrogens is 735 g/mol. The van der Waals surface area contributed by atoms with Crippen LogP contribution in [-0.4, -0.2) is 11.7 Å². The predicted molar refractivity (Wildman–Crippen MR) is 247 cm³/mol. The van der Waals surface area contributed by atoms with Crippen molar-refractivity contribution in [2.75, 3.05) is 0 Å². The van der Waals surface area contributed by atoms with Crippen LogP contribution in [0.25, 0.3) is 88.0 Å². The van der Waals surface area contributed by atoms with Gasteiger partial charge in [-0.25, -0.2) is 9.98 Å². The molecule has 0 fully saturated rings. The lowest BCUT2D eigenvalue weighted by Crippen LogP contribution is -2.33. The molecule has 282 valence electrons. The average molecular weight is 770 g/mol. The molecule has 0 radical (unpaired) electrons. The number of aliphatic imine (C=N–C) groups is 2. The molecule has 5 heteroatoms. The molecule has 0 aliphatic carbocycles. The molecule has 1 unspecified atom stereocenters. The van der Waals surface area contributed by atoms with E-state index in [1.165, 1.54) is 0 Å². The van der Waals surface area contributed by atoms with Crippen molar-refractivity contribution in [3.05, 3.63) is 217 Å². The standard InChI is InChI=1S/C55H35N3O2/c1-3-15-34(16-4-1)36-20-13-21-38(29-36)54-56-53(35-17-5-2-6-18-35)57-55(58-54)40-30-37-19-7-8-22-41(37)45(32-40)46-31-39(33-50-52(46)44-24-10-12-27-48(44)60-50)42-25-14-28-49-51(42)43-23-9-11-26-47(43)59-49/h1-33,54H,(H,56,57,58). The second-order valence-electron chi connectivity index (χ2n) is 15.3. The van der Waals surface area contributed by atoms with Crippen LogP contribution in [0.15, 0.2) is 219 Å². The normalized spacial score (nSPS) is 14.2. The maximum atomic E-state index is 6.71. The Morgan fingerprint density at radius 3 is 1.77 bits per heavy atom. The maximum Gasteiger partial charge on any atom is 0.159 e. The van der Waals surface area contributed by atoms with Crippen LogP contribution < -0.4 is 5.32 Å². The van der Waals surface area contributed by atoms with Gasteiger partial charge >= 0.3 is 0 Å². The van der Waals surface area contributed by atoms with Crippen LogP contribution in [0.3, 0.4) is 0 Å². The Morgan fingerprint density at radius 1 is 0.383 bits per heavy atom. The second kappa shape index (κ2) is 13.8. The van der Waals surface area contributed by atoms with Crippen molar-refractivity contribution in [1.29, 1.82) is 0 Å². The van der Waals surface area contributed by atoms with Gasteiger partial charge < -0.3 is 14.2 Å². The van der Waals surface area contributed by atoms with Gasteiger partial charge in [-0.05, 0) is 98.2 Å². The maximum absolute atomic E-state index is 6.71. The number of furan rings is 2.